The molecule has 1 aliphatic heterocycles. The molecule has 0 spiro atoms. The van der Waals surface area contributed by atoms with Crippen molar-refractivity contribution in [1.29, 1.82) is 0 Å². The van der Waals surface area contributed by atoms with Crippen LogP contribution in [0.2, 0.25) is 0 Å². The van der Waals surface area contributed by atoms with E-state index in [0.29, 0.717) is 28.4 Å². The highest BCUT2D eigenvalue weighted by Gasteiger charge is 2.21. The zero-order valence-corrected chi connectivity index (χ0v) is 13.2. The van der Waals surface area contributed by atoms with Crippen LogP contribution in [0.3, 0.4) is 0 Å². The number of thioether (sulfide) groups is 1. The number of rotatable bonds is 4. The minimum Gasteiger partial charge on any atom is -0.399 e. The van der Waals surface area contributed by atoms with Crippen molar-refractivity contribution in [2.75, 3.05) is 23.8 Å². The van der Waals surface area contributed by atoms with Crippen LogP contribution in [0.15, 0.2) is 41.3 Å². The van der Waals surface area contributed by atoms with Gasteiger partial charge in [-0.2, -0.15) is 11.8 Å². The van der Waals surface area contributed by atoms with Crippen LogP contribution in [0.4, 0.5) is 5.69 Å². The van der Waals surface area contributed by atoms with Gasteiger partial charge >= 0.3 is 0 Å². The summed E-state index contributed by atoms with van der Waals surface area (Å²) in [7, 11) is -3.49. The molecule has 6 heteroatoms. The molecule has 0 aliphatic carbocycles. The number of fused-ring (bicyclic) bond motifs is 1. The monoisotopic (exact) mass is 322 g/mol. The lowest BCUT2D eigenvalue weighted by Crippen LogP contribution is -2.29. The average molecular weight is 322 g/mol. The first-order valence-electron chi connectivity index (χ1n) is 6.92. The Bertz CT molecular complexity index is 753. The summed E-state index contributed by atoms with van der Waals surface area (Å²) < 4.78 is 27.8. The van der Waals surface area contributed by atoms with Crippen LogP contribution in [-0.2, 0) is 10.0 Å². The molecule has 1 saturated heterocycles. The highest BCUT2D eigenvalue weighted by Crippen LogP contribution is 2.26. The van der Waals surface area contributed by atoms with E-state index in [4.69, 9.17) is 5.73 Å². The summed E-state index contributed by atoms with van der Waals surface area (Å²) in [5.74, 6) is 2.60. The third-order valence-electron chi connectivity index (χ3n) is 3.74. The van der Waals surface area contributed by atoms with E-state index in [0.717, 1.165) is 23.3 Å². The summed E-state index contributed by atoms with van der Waals surface area (Å²) in [5.41, 5.74) is 6.39. The Hall–Kier alpha value is -1.24. The quantitative estimate of drug-likeness (QED) is 0.848. The first-order chi connectivity index (χ1) is 10.1. The molecular formula is C15H18N2O2S2. The molecule has 4 nitrogen and oxygen atoms in total. The van der Waals surface area contributed by atoms with Gasteiger partial charge in [-0.15, -0.1) is 0 Å². The second kappa shape index (κ2) is 5.87. The second-order valence-corrected chi connectivity index (χ2v) is 8.20. The fourth-order valence-electron chi connectivity index (χ4n) is 2.56. The molecule has 3 N–H and O–H groups in total. The molecule has 21 heavy (non-hydrogen) atoms. The molecule has 0 radical (unpaired) electrons. The molecule has 1 aliphatic rings. The van der Waals surface area contributed by atoms with E-state index in [1.165, 1.54) is 0 Å². The second-order valence-electron chi connectivity index (χ2n) is 5.32. The van der Waals surface area contributed by atoms with Crippen molar-refractivity contribution in [3.05, 3.63) is 36.4 Å². The smallest absolute Gasteiger partial charge is 0.241 e. The van der Waals surface area contributed by atoms with Crippen LogP contribution in [0.5, 0.6) is 0 Å². The van der Waals surface area contributed by atoms with E-state index >= 15 is 0 Å². The van der Waals surface area contributed by atoms with Gasteiger partial charge in [-0.25, -0.2) is 13.1 Å². The van der Waals surface area contributed by atoms with E-state index in [9.17, 15) is 8.42 Å². The van der Waals surface area contributed by atoms with E-state index in [1.54, 1.807) is 30.3 Å². The zero-order valence-electron chi connectivity index (χ0n) is 11.6. The normalized spacial score (nSPS) is 19.1. The predicted molar refractivity (Wildman–Crippen MR) is 89.0 cm³/mol. The van der Waals surface area contributed by atoms with Crippen LogP contribution in [0, 0.1) is 5.92 Å². The van der Waals surface area contributed by atoms with Crippen LogP contribution in [0.25, 0.3) is 10.8 Å². The number of benzene rings is 2. The van der Waals surface area contributed by atoms with Crippen LogP contribution in [0.1, 0.15) is 6.42 Å². The maximum Gasteiger partial charge on any atom is 0.241 e. The van der Waals surface area contributed by atoms with E-state index in [-0.39, 0.29) is 0 Å². The number of hydrogen-bond donors (Lipinski definition) is 2. The predicted octanol–water partition coefficient (Wildman–Crippen LogP) is 2.45. The summed E-state index contributed by atoms with van der Waals surface area (Å²) in [5, 5.41) is 1.55. The topological polar surface area (TPSA) is 72.2 Å². The first-order valence-corrected chi connectivity index (χ1v) is 9.56. The molecular weight excluding hydrogens is 304 g/mol. The van der Waals surface area contributed by atoms with Gasteiger partial charge in [-0.3, -0.25) is 0 Å². The van der Waals surface area contributed by atoms with Crippen molar-refractivity contribution in [1.82, 2.24) is 4.72 Å². The van der Waals surface area contributed by atoms with Gasteiger partial charge in [-0.1, -0.05) is 18.2 Å². The third kappa shape index (κ3) is 3.17. The van der Waals surface area contributed by atoms with Gasteiger partial charge < -0.3 is 5.73 Å². The highest BCUT2D eigenvalue weighted by atomic mass is 32.2. The number of nitrogens with two attached hydrogens (primary N) is 1. The molecule has 1 fully saturated rings. The molecule has 1 atom stereocenters. The Kier molecular flexibility index (Phi) is 4.10. The molecule has 112 valence electrons. The van der Waals surface area contributed by atoms with Crippen LogP contribution >= 0.6 is 11.8 Å². The van der Waals surface area contributed by atoms with Crippen LogP contribution < -0.4 is 10.5 Å². The SMILES string of the molecule is Nc1ccc2c(S(=O)(=O)NCC3CCSC3)cccc2c1. The Morgan fingerprint density at radius 1 is 1.29 bits per heavy atom. The third-order valence-corrected chi connectivity index (χ3v) is 6.45. The summed E-state index contributed by atoms with van der Waals surface area (Å²) in [6.07, 6.45) is 1.08. The molecule has 1 heterocycles. The van der Waals surface area contributed by atoms with Gasteiger partial charge in [0, 0.05) is 17.6 Å². The Labute approximate surface area is 129 Å². The molecule has 0 bridgehead atoms. The van der Waals surface area contributed by atoms with Gasteiger partial charge in [0.25, 0.3) is 0 Å². The zero-order chi connectivity index (χ0) is 14.9. The molecule has 0 aromatic heterocycles. The fourth-order valence-corrected chi connectivity index (χ4v) is 5.18. The van der Waals surface area contributed by atoms with E-state index in [1.807, 2.05) is 17.8 Å². The van der Waals surface area contributed by atoms with Crippen LogP contribution in [-0.4, -0.2) is 26.5 Å². The number of nitrogens with one attached hydrogen (secondary N) is 1. The van der Waals surface area contributed by atoms with Crippen molar-refractivity contribution in [2.45, 2.75) is 11.3 Å². The van der Waals surface area contributed by atoms with Crippen molar-refractivity contribution in [3.63, 3.8) is 0 Å². The molecule has 2 aromatic carbocycles. The van der Waals surface area contributed by atoms with Crippen molar-refractivity contribution in [2.24, 2.45) is 5.92 Å². The van der Waals surface area contributed by atoms with Gasteiger partial charge in [0.15, 0.2) is 0 Å². The first kappa shape index (κ1) is 14.7. The Morgan fingerprint density at radius 3 is 2.90 bits per heavy atom. The number of nitrogen functional groups attached to an aromatic ring is 1. The maximum absolute atomic E-state index is 12.5. The highest BCUT2D eigenvalue weighted by molar-refractivity contribution is 7.99. The number of hydrogen-bond acceptors (Lipinski definition) is 4. The lowest BCUT2D eigenvalue weighted by Gasteiger charge is -2.12. The summed E-state index contributed by atoms with van der Waals surface area (Å²) in [6, 6.07) is 10.6. The standard InChI is InChI=1S/C15H18N2O2S2/c16-13-4-5-14-12(8-13)2-1-3-15(14)21(18,19)17-9-11-6-7-20-10-11/h1-5,8,11,17H,6-7,9-10,16H2. The average Bonchev–Trinajstić information content (AvgIpc) is 2.97. The number of anilines is 1. The summed E-state index contributed by atoms with van der Waals surface area (Å²) in [6.45, 7) is 0.515. The van der Waals surface area contributed by atoms with E-state index in [2.05, 4.69) is 4.72 Å². The molecule has 0 amide bonds. The van der Waals surface area contributed by atoms with Gasteiger partial charge in [0.05, 0.1) is 4.90 Å². The largest absolute Gasteiger partial charge is 0.399 e. The summed E-state index contributed by atoms with van der Waals surface area (Å²) >= 11 is 1.88. The fraction of sp³-hybridized carbons (Fsp3) is 0.333. The maximum atomic E-state index is 12.5. The molecule has 3 rings (SSSR count). The van der Waals surface area contributed by atoms with Crippen molar-refractivity contribution in [3.8, 4) is 0 Å². The Morgan fingerprint density at radius 2 is 2.14 bits per heavy atom. The minimum atomic E-state index is -3.49. The van der Waals surface area contributed by atoms with E-state index < -0.39 is 10.0 Å². The van der Waals surface area contributed by atoms with Gasteiger partial charge in [-0.05, 0) is 47.4 Å². The minimum absolute atomic E-state index is 0.325. The summed E-state index contributed by atoms with van der Waals surface area (Å²) in [4.78, 5) is 0.325. The van der Waals surface area contributed by atoms with Crippen molar-refractivity contribution < 1.29 is 8.42 Å². The molecule has 0 saturated carbocycles. The lowest BCUT2D eigenvalue weighted by molar-refractivity contribution is 0.546. The van der Waals surface area contributed by atoms with Crippen molar-refractivity contribution >= 4 is 38.2 Å². The lowest BCUT2D eigenvalue weighted by atomic mass is 10.1. The van der Waals surface area contributed by atoms with Gasteiger partial charge in [0.1, 0.15) is 0 Å². The molecule has 2 aromatic rings. The van der Waals surface area contributed by atoms with Gasteiger partial charge in [0.2, 0.25) is 10.0 Å². The Balaban J connectivity index is 1.91. The number of sulfonamides is 1. The molecule has 1 unspecified atom stereocenters.